The van der Waals surface area contributed by atoms with Gasteiger partial charge in [0.05, 0.1) is 6.04 Å². The molecule has 6 heteroatoms. The molecule has 0 aromatic heterocycles. The number of nitrogens with one attached hydrogen (secondary N) is 1. The first-order valence-electron chi connectivity index (χ1n) is 5.59. The maximum absolute atomic E-state index is 11.5. The van der Waals surface area contributed by atoms with Gasteiger partial charge in [0.1, 0.15) is 5.60 Å². The third kappa shape index (κ3) is 5.26. The first kappa shape index (κ1) is 13.4. The third-order valence-corrected chi connectivity index (χ3v) is 2.25. The van der Waals surface area contributed by atoms with Crippen LogP contribution in [-0.2, 0) is 4.74 Å². The van der Waals surface area contributed by atoms with Crippen molar-refractivity contribution in [1.29, 1.82) is 0 Å². The lowest BCUT2D eigenvalue weighted by molar-refractivity contribution is 0.0513. The first-order chi connectivity index (χ1) is 7.90. The minimum Gasteiger partial charge on any atom is -0.444 e. The van der Waals surface area contributed by atoms with Crippen LogP contribution in [0.5, 0.6) is 0 Å². The molecular formula is C11H18N4O2. The maximum atomic E-state index is 11.5. The van der Waals surface area contributed by atoms with Crippen LogP contribution in [0.3, 0.4) is 0 Å². The molecule has 94 valence electrons. The zero-order valence-electron chi connectivity index (χ0n) is 10.4. The number of ether oxygens (including phenoxy) is 1. The van der Waals surface area contributed by atoms with Crippen LogP contribution >= 0.6 is 0 Å². The van der Waals surface area contributed by atoms with Crippen molar-refractivity contribution >= 4 is 6.09 Å². The molecule has 6 nitrogen and oxygen atoms in total. The maximum Gasteiger partial charge on any atom is 0.408 e. The molecule has 0 saturated heterocycles. The molecule has 0 aromatic rings. The Kier molecular flexibility index (Phi) is 4.40. The van der Waals surface area contributed by atoms with Crippen molar-refractivity contribution in [2.75, 3.05) is 6.54 Å². The van der Waals surface area contributed by atoms with Gasteiger partial charge in [0.2, 0.25) is 0 Å². The van der Waals surface area contributed by atoms with Gasteiger partial charge in [0.15, 0.2) is 0 Å². The fraction of sp³-hybridized carbons (Fsp3) is 0.727. The van der Waals surface area contributed by atoms with E-state index in [4.69, 9.17) is 10.3 Å². The van der Waals surface area contributed by atoms with Crippen molar-refractivity contribution in [3.8, 4) is 0 Å². The summed E-state index contributed by atoms with van der Waals surface area (Å²) in [5.74, 6) is 0.200. The number of hydrogen-bond acceptors (Lipinski definition) is 3. The lowest BCUT2D eigenvalue weighted by Crippen LogP contribution is -2.37. The second-order valence-electron chi connectivity index (χ2n) is 5.05. The van der Waals surface area contributed by atoms with Gasteiger partial charge in [0.25, 0.3) is 0 Å². The summed E-state index contributed by atoms with van der Waals surface area (Å²) in [7, 11) is 0. The van der Waals surface area contributed by atoms with Gasteiger partial charge in [-0.3, -0.25) is 0 Å². The van der Waals surface area contributed by atoms with E-state index in [0.29, 0.717) is 6.54 Å². The number of amides is 1. The fourth-order valence-electron chi connectivity index (χ4n) is 1.62. The van der Waals surface area contributed by atoms with Crippen LogP contribution in [0, 0.1) is 5.92 Å². The van der Waals surface area contributed by atoms with E-state index in [0.717, 1.165) is 6.42 Å². The van der Waals surface area contributed by atoms with Gasteiger partial charge in [-0.15, -0.1) is 0 Å². The second-order valence-corrected chi connectivity index (χ2v) is 5.05. The zero-order valence-corrected chi connectivity index (χ0v) is 10.4. The smallest absolute Gasteiger partial charge is 0.408 e. The molecule has 0 unspecified atom stereocenters. The fourth-order valence-corrected chi connectivity index (χ4v) is 1.62. The predicted octanol–water partition coefficient (Wildman–Crippen LogP) is 2.77. The van der Waals surface area contributed by atoms with Crippen LogP contribution in [0.15, 0.2) is 17.3 Å². The summed E-state index contributed by atoms with van der Waals surface area (Å²) in [6, 6.07) is -0.0382. The number of hydrogen-bond donors (Lipinski definition) is 1. The van der Waals surface area contributed by atoms with E-state index in [1.165, 1.54) is 0 Å². The molecule has 0 radical (unpaired) electrons. The Morgan fingerprint density at radius 3 is 2.88 bits per heavy atom. The topological polar surface area (TPSA) is 87.1 Å². The zero-order chi connectivity index (χ0) is 12.9. The standard InChI is InChI=1S/C11H18N4O2/c1-11(2,3)17-10(16)14-9-5-4-8(6-9)7-13-15-12/h4-5,8-9H,6-7H2,1-3H3,(H,14,16)/t8-,9+/m0/s1. The number of azide groups is 1. The van der Waals surface area contributed by atoms with Gasteiger partial charge in [-0.05, 0) is 38.6 Å². The molecule has 0 aliphatic heterocycles. The largest absolute Gasteiger partial charge is 0.444 e. The van der Waals surface area contributed by atoms with Gasteiger partial charge < -0.3 is 10.1 Å². The molecule has 17 heavy (non-hydrogen) atoms. The van der Waals surface area contributed by atoms with Gasteiger partial charge in [-0.2, -0.15) is 0 Å². The van der Waals surface area contributed by atoms with Crippen molar-refractivity contribution < 1.29 is 9.53 Å². The summed E-state index contributed by atoms with van der Waals surface area (Å²) in [6.07, 6.45) is 4.19. The van der Waals surface area contributed by atoms with Gasteiger partial charge >= 0.3 is 6.09 Å². The van der Waals surface area contributed by atoms with Gasteiger partial charge in [0, 0.05) is 11.5 Å². The molecule has 1 aliphatic carbocycles. The summed E-state index contributed by atoms with van der Waals surface area (Å²) in [6.45, 7) is 5.89. The van der Waals surface area contributed by atoms with Crippen LogP contribution in [0.4, 0.5) is 4.79 Å². The Morgan fingerprint density at radius 2 is 2.29 bits per heavy atom. The molecule has 0 aromatic carbocycles. The molecule has 2 atom stereocenters. The molecule has 1 amide bonds. The van der Waals surface area contributed by atoms with E-state index in [-0.39, 0.29) is 12.0 Å². The van der Waals surface area contributed by atoms with Crippen molar-refractivity contribution in [1.82, 2.24) is 5.32 Å². The van der Waals surface area contributed by atoms with Crippen molar-refractivity contribution in [2.45, 2.75) is 38.8 Å². The van der Waals surface area contributed by atoms with Crippen molar-refractivity contribution in [2.24, 2.45) is 11.0 Å². The molecule has 0 saturated carbocycles. The molecule has 0 bridgehead atoms. The first-order valence-corrected chi connectivity index (χ1v) is 5.59. The van der Waals surface area contributed by atoms with E-state index in [2.05, 4.69) is 15.3 Å². The Balaban J connectivity index is 2.33. The summed E-state index contributed by atoms with van der Waals surface area (Å²) in [5.41, 5.74) is 7.72. The van der Waals surface area contributed by atoms with Crippen molar-refractivity contribution in [3.63, 3.8) is 0 Å². The normalized spacial score (nSPS) is 23.0. The SMILES string of the molecule is CC(C)(C)OC(=O)N[C@@H]1C=C[C@H](CN=[N+]=[N-])C1. The summed E-state index contributed by atoms with van der Waals surface area (Å²) in [4.78, 5) is 14.2. The molecule has 0 spiro atoms. The van der Waals surface area contributed by atoms with E-state index >= 15 is 0 Å². The Morgan fingerprint density at radius 1 is 1.59 bits per heavy atom. The Bertz CT molecular complexity index is 353. The number of carbonyl (C=O) groups excluding carboxylic acids is 1. The van der Waals surface area contributed by atoms with E-state index in [1.54, 1.807) is 0 Å². The van der Waals surface area contributed by atoms with Crippen LogP contribution < -0.4 is 5.32 Å². The van der Waals surface area contributed by atoms with E-state index in [1.807, 2.05) is 32.9 Å². The summed E-state index contributed by atoms with van der Waals surface area (Å²) in [5, 5.41) is 6.27. The predicted molar refractivity (Wildman–Crippen MR) is 64.4 cm³/mol. The lowest BCUT2D eigenvalue weighted by atomic mass is 10.1. The van der Waals surface area contributed by atoms with Gasteiger partial charge in [-0.25, -0.2) is 4.79 Å². The van der Waals surface area contributed by atoms with Gasteiger partial charge in [-0.1, -0.05) is 17.3 Å². The van der Waals surface area contributed by atoms with E-state index in [9.17, 15) is 4.79 Å². The Hall–Kier alpha value is -1.68. The molecule has 0 fully saturated rings. The quantitative estimate of drug-likeness (QED) is 0.354. The highest BCUT2D eigenvalue weighted by Crippen LogP contribution is 2.18. The van der Waals surface area contributed by atoms with Crippen LogP contribution in [-0.4, -0.2) is 24.3 Å². The van der Waals surface area contributed by atoms with Crippen molar-refractivity contribution in [3.05, 3.63) is 22.6 Å². The van der Waals surface area contributed by atoms with E-state index < -0.39 is 11.7 Å². The van der Waals surface area contributed by atoms with Crippen LogP contribution in [0.1, 0.15) is 27.2 Å². The van der Waals surface area contributed by atoms with Crippen LogP contribution in [0.2, 0.25) is 0 Å². The monoisotopic (exact) mass is 238 g/mol. The highest BCUT2D eigenvalue weighted by Gasteiger charge is 2.22. The number of rotatable bonds is 3. The average Bonchev–Trinajstić information content (AvgIpc) is 2.59. The summed E-state index contributed by atoms with van der Waals surface area (Å²) >= 11 is 0. The molecular weight excluding hydrogens is 220 g/mol. The highest BCUT2D eigenvalue weighted by molar-refractivity contribution is 5.68. The molecule has 1 aliphatic rings. The highest BCUT2D eigenvalue weighted by atomic mass is 16.6. The number of alkyl carbamates (subject to hydrolysis) is 1. The molecule has 1 rings (SSSR count). The number of carbonyl (C=O) groups is 1. The van der Waals surface area contributed by atoms with Crippen LogP contribution in [0.25, 0.3) is 10.4 Å². The molecule has 1 N–H and O–H groups in total. The summed E-state index contributed by atoms with van der Waals surface area (Å²) < 4.78 is 5.15. The average molecular weight is 238 g/mol. The third-order valence-electron chi connectivity index (χ3n) is 2.25. The second kappa shape index (κ2) is 5.59. The number of nitrogens with zero attached hydrogens (tertiary/aromatic N) is 3. The Labute approximate surface area is 101 Å². The molecule has 0 heterocycles. The minimum atomic E-state index is -0.489. The lowest BCUT2D eigenvalue weighted by Gasteiger charge is -2.21. The minimum absolute atomic E-state index is 0.0382.